The molecule has 0 aliphatic heterocycles. The van der Waals surface area contributed by atoms with Crippen molar-refractivity contribution in [1.29, 1.82) is 0 Å². The zero-order chi connectivity index (χ0) is 19.3. The first kappa shape index (κ1) is 17.8. The largest absolute Gasteiger partial charge is 0.383 e. The first-order valence-electron chi connectivity index (χ1n) is 8.86. The third kappa shape index (κ3) is 3.60. The maximum atomic E-state index is 12.4. The summed E-state index contributed by atoms with van der Waals surface area (Å²) >= 11 is 0. The quantitative estimate of drug-likeness (QED) is 0.526. The highest BCUT2D eigenvalue weighted by Crippen LogP contribution is 2.28. The van der Waals surface area contributed by atoms with Crippen molar-refractivity contribution in [3.8, 4) is 16.8 Å². The predicted octanol–water partition coefficient (Wildman–Crippen LogP) is 2.86. The standard InChI is InChI=1S/C21H19N5O2/c1-28-9-7-24-21(27)16-10-18-19(12-23-13-20(18)25-11-16)15-2-4-17(5-3-15)26-8-6-22-14-26/h2-6,8,10-14H,7,9H2,1H3,(H,24,27). The number of fused-ring (bicyclic) bond motifs is 1. The number of hydrogen-bond donors (Lipinski definition) is 1. The second kappa shape index (κ2) is 7.98. The average Bonchev–Trinajstić information content (AvgIpc) is 3.28. The van der Waals surface area contributed by atoms with Gasteiger partial charge in [-0.1, -0.05) is 12.1 Å². The van der Waals surface area contributed by atoms with Crippen LogP contribution in [-0.4, -0.2) is 45.7 Å². The van der Waals surface area contributed by atoms with Crippen LogP contribution in [0.15, 0.2) is 67.6 Å². The summed E-state index contributed by atoms with van der Waals surface area (Å²) in [5.74, 6) is -0.176. The first-order chi connectivity index (χ1) is 13.8. The molecule has 0 bridgehead atoms. The highest BCUT2D eigenvalue weighted by atomic mass is 16.5. The zero-order valence-corrected chi connectivity index (χ0v) is 15.4. The Morgan fingerprint density at radius 1 is 1.14 bits per heavy atom. The lowest BCUT2D eigenvalue weighted by Crippen LogP contribution is -2.27. The number of aromatic nitrogens is 4. The number of amides is 1. The minimum atomic E-state index is -0.176. The lowest BCUT2D eigenvalue weighted by Gasteiger charge is -2.09. The summed E-state index contributed by atoms with van der Waals surface area (Å²) in [6, 6.07) is 9.94. The van der Waals surface area contributed by atoms with Gasteiger partial charge in [0.05, 0.1) is 30.2 Å². The van der Waals surface area contributed by atoms with Gasteiger partial charge in [0.25, 0.3) is 5.91 Å². The van der Waals surface area contributed by atoms with Crippen LogP contribution in [0.2, 0.25) is 0 Å². The van der Waals surface area contributed by atoms with Crippen LogP contribution < -0.4 is 5.32 Å². The normalized spacial score (nSPS) is 10.9. The van der Waals surface area contributed by atoms with Crippen LogP contribution in [0.1, 0.15) is 10.4 Å². The molecule has 0 atom stereocenters. The van der Waals surface area contributed by atoms with Gasteiger partial charge in [-0.3, -0.25) is 14.8 Å². The van der Waals surface area contributed by atoms with Gasteiger partial charge in [0, 0.05) is 55.1 Å². The minimum absolute atomic E-state index is 0.176. The Kier molecular flexibility index (Phi) is 5.07. The molecule has 0 fully saturated rings. The van der Waals surface area contributed by atoms with Crippen molar-refractivity contribution >= 4 is 16.8 Å². The number of carbonyl (C=O) groups excluding carboxylic acids is 1. The van der Waals surface area contributed by atoms with Gasteiger partial charge >= 0.3 is 0 Å². The molecule has 3 heterocycles. The number of benzene rings is 1. The Balaban J connectivity index is 1.68. The van der Waals surface area contributed by atoms with E-state index in [4.69, 9.17) is 4.74 Å². The van der Waals surface area contributed by atoms with Crippen molar-refractivity contribution in [2.24, 2.45) is 0 Å². The number of ether oxygens (including phenoxy) is 1. The zero-order valence-electron chi connectivity index (χ0n) is 15.4. The Hall–Kier alpha value is -3.58. The molecule has 3 aromatic heterocycles. The van der Waals surface area contributed by atoms with Crippen molar-refractivity contribution in [2.75, 3.05) is 20.3 Å². The van der Waals surface area contributed by atoms with Crippen molar-refractivity contribution in [2.45, 2.75) is 0 Å². The predicted molar refractivity (Wildman–Crippen MR) is 106 cm³/mol. The van der Waals surface area contributed by atoms with E-state index in [1.807, 2.05) is 41.1 Å². The molecule has 4 rings (SSSR count). The Bertz CT molecular complexity index is 1090. The molecule has 4 aromatic rings. The molecule has 7 heteroatoms. The molecule has 28 heavy (non-hydrogen) atoms. The van der Waals surface area contributed by atoms with E-state index in [2.05, 4.69) is 20.3 Å². The molecule has 0 spiro atoms. The summed E-state index contributed by atoms with van der Waals surface area (Å²) in [4.78, 5) is 25.1. The summed E-state index contributed by atoms with van der Waals surface area (Å²) in [5.41, 5.74) is 4.19. The van der Waals surface area contributed by atoms with Crippen LogP contribution in [0.3, 0.4) is 0 Å². The Morgan fingerprint density at radius 3 is 2.75 bits per heavy atom. The van der Waals surface area contributed by atoms with Crippen LogP contribution in [0.4, 0.5) is 0 Å². The van der Waals surface area contributed by atoms with E-state index in [-0.39, 0.29) is 5.91 Å². The second-order valence-corrected chi connectivity index (χ2v) is 6.24. The molecule has 1 N–H and O–H groups in total. The first-order valence-corrected chi connectivity index (χ1v) is 8.86. The molecule has 0 radical (unpaired) electrons. The van der Waals surface area contributed by atoms with Crippen LogP contribution in [0.25, 0.3) is 27.7 Å². The van der Waals surface area contributed by atoms with Gasteiger partial charge in [0.1, 0.15) is 0 Å². The van der Waals surface area contributed by atoms with Gasteiger partial charge < -0.3 is 14.6 Å². The molecular formula is C21H19N5O2. The lowest BCUT2D eigenvalue weighted by atomic mass is 10.0. The summed E-state index contributed by atoms with van der Waals surface area (Å²) in [6.45, 7) is 0.914. The fraction of sp³-hybridized carbons (Fsp3) is 0.143. The van der Waals surface area contributed by atoms with Crippen molar-refractivity contribution in [1.82, 2.24) is 24.8 Å². The second-order valence-electron chi connectivity index (χ2n) is 6.24. The summed E-state index contributed by atoms with van der Waals surface area (Å²) in [7, 11) is 1.60. The number of pyridine rings is 2. The summed E-state index contributed by atoms with van der Waals surface area (Å²) in [5, 5.41) is 3.70. The molecule has 0 saturated carbocycles. The number of hydrogen-bond acceptors (Lipinski definition) is 5. The third-order valence-corrected chi connectivity index (χ3v) is 4.44. The smallest absolute Gasteiger partial charge is 0.252 e. The van der Waals surface area contributed by atoms with Crippen molar-refractivity contribution < 1.29 is 9.53 Å². The SMILES string of the molecule is COCCNC(=O)c1cnc2cncc(-c3ccc(-n4ccnc4)cc3)c2c1. The number of rotatable bonds is 6. The van der Waals surface area contributed by atoms with E-state index in [1.165, 1.54) is 0 Å². The van der Waals surface area contributed by atoms with Crippen molar-refractivity contribution in [3.05, 3.63) is 73.2 Å². The van der Waals surface area contributed by atoms with E-state index < -0.39 is 0 Å². The summed E-state index contributed by atoms with van der Waals surface area (Å²) in [6.07, 6.45) is 10.5. The highest BCUT2D eigenvalue weighted by Gasteiger charge is 2.11. The van der Waals surface area contributed by atoms with Gasteiger partial charge in [0.15, 0.2) is 0 Å². The van der Waals surface area contributed by atoms with Crippen LogP contribution >= 0.6 is 0 Å². The monoisotopic (exact) mass is 373 g/mol. The molecule has 1 aromatic carbocycles. The van der Waals surface area contributed by atoms with E-state index in [0.29, 0.717) is 18.7 Å². The fourth-order valence-corrected chi connectivity index (χ4v) is 2.99. The van der Waals surface area contributed by atoms with E-state index in [0.717, 1.165) is 27.7 Å². The van der Waals surface area contributed by atoms with Gasteiger partial charge in [-0.25, -0.2) is 4.98 Å². The lowest BCUT2D eigenvalue weighted by molar-refractivity contribution is 0.0937. The van der Waals surface area contributed by atoms with Gasteiger partial charge in [0.2, 0.25) is 0 Å². The van der Waals surface area contributed by atoms with Crippen LogP contribution in [0, 0.1) is 0 Å². The molecule has 0 unspecified atom stereocenters. The molecule has 0 aliphatic rings. The number of carbonyl (C=O) groups is 1. The Morgan fingerprint density at radius 2 is 2.00 bits per heavy atom. The van der Waals surface area contributed by atoms with E-state index >= 15 is 0 Å². The number of imidazole rings is 1. The van der Waals surface area contributed by atoms with E-state index in [1.54, 1.807) is 38.2 Å². The third-order valence-electron chi connectivity index (χ3n) is 4.44. The fourth-order valence-electron chi connectivity index (χ4n) is 2.99. The van der Waals surface area contributed by atoms with E-state index in [9.17, 15) is 4.79 Å². The highest BCUT2D eigenvalue weighted by molar-refractivity contribution is 6.01. The topological polar surface area (TPSA) is 81.9 Å². The average molecular weight is 373 g/mol. The molecule has 0 aliphatic carbocycles. The molecule has 0 saturated heterocycles. The molecule has 140 valence electrons. The maximum absolute atomic E-state index is 12.4. The van der Waals surface area contributed by atoms with Crippen LogP contribution in [0.5, 0.6) is 0 Å². The Labute approximate surface area is 162 Å². The van der Waals surface area contributed by atoms with Gasteiger partial charge in [-0.15, -0.1) is 0 Å². The molecule has 7 nitrogen and oxygen atoms in total. The van der Waals surface area contributed by atoms with Gasteiger partial charge in [-0.05, 0) is 23.8 Å². The van der Waals surface area contributed by atoms with Crippen molar-refractivity contribution in [3.63, 3.8) is 0 Å². The van der Waals surface area contributed by atoms with Crippen LogP contribution in [-0.2, 0) is 4.74 Å². The number of methoxy groups -OCH3 is 1. The minimum Gasteiger partial charge on any atom is -0.383 e. The number of nitrogens with zero attached hydrogens (tertiary/aromatic N) is 4. The van der Waals surface area contributed by atoms with Gasteiger partial charge in [-0.2, -0.15) is 0 Å². The number of nitrogens with one attached hydrogen (secondary N) is 1. The summed E-state index contributed by atoms with van der Waals surface area (Å²) < 4.78 is 6.91. The molecular weight excluding hydrogens is 354 g/mol. The maximum Gasteiger partial charge on any atom is 0.252 e. The molecule has 1 amide bonds.